The third-order valence-electron chi connectivity index (χ3n) is 8.66. The Hall–Kier alpha value is -3.11. The van der Waals surface area contributed by atoms with Gasteiger partial charge in [0.2, 0.25) is 5.95 Å². The first-order valence-corrected chi connectivity index (χ1v) is 13.3. The summed E-state index contributed by atoms with van der Waals surface area (Å²) in [6.07, 6.45) is 9.37. The van der Waals surface area contributed by atoms with E-state index in [4.69, 9.17) is 5.10 Å². The molecule has 8 nitrogen and oxygen atoms in total. The van der Waals surface area contributed by atoms with E-state index < -0.39 is 17.0 Å². The van der Waals surface area contributed by atoms with Crippen molar-refractivity contribution >= 4 is 24.3 Å². The molecule has 2 aliphatic heterocycles. The van der Waals surface area contributed by atoms with Crippen molar-refractivity contribution in [1.29, 1.82) is 0 Å². The molecule has 3 aliphatic rings. The Kier molecular flexibility index (Phi) is 7.37. The number of aliphatic hydroxyl groups excluding tert-OH is 1. The summed E-state index contributed by atoms with van der Waals surface area (Å²) in [6.45, 7) is 4.10. The molecular weight excluding hydrogens is 526 g/mol. The van der Waals surface area contributed by atoms with E-state index in [1.807, 2.05) is 6.07 Å². The molecule has 1 saturated carbocycles. The molecule has 0 radical (unpaired) electrons. The van der Waals surface area contributed by atoms with Crippen molar-refractivity contribution in [2.45, 2.75) is 55.9 Å². The number of carbonyl (C=O) groups excluding carboxylic acids is 1. The van der Waals surface area contributed by atoms with Crippen molar-refractivity contribution in [3.8, 4) is 0 Å². The monoisotopic (exact) mass is 558 g/mol. The Balaban J connectivity index is 0.00000308. The van der Waals surface area contributed by atoms with Crippen LogP contribution in [0.1, 0.15) is 66.7 Å². The molecule has 4 heterocycles. The standard InChI is InChI=1S/C28H32F2N6O2.ClH/c1-27(5-6-27)24-23(16-33-36(24)22-3-10-34(11-4-22)26-31-8-2-9-32-26)25(38)35-12-7-28(17-35,18-37)19-13-20(29)15-21(30)14-19;/h2,8-9,13-16,22,37H,3-7,10-12,17-18H2,1H3;1H. The van der Waals surface area contributed by atoms with Crippen LogP contribution in [-0.4, -0.2) is 68.4 Å². The first-order chi connectivity index (χ1) is 18.3. The van der Waals surface area contributed by atoms with Crippen LogP contribution in [0.25, 0.3) is 0 Å². The average molecular weight is 559 g/mol. The number of nitrogens with zero attached hydrogens (tertiary/aromatic N) is 6. The molecule has 2 saturated heterocycles. The van der Waals surface area contributed by atoms with Crippen LogP contribution in [0.5, 0.6) is 0 Å². The van der Waals surface area contributed by atoms with Crippen LogP contribution in [0.4, 0.5) is 14.7 Å². The second-order valence-electron chi connectivity index (χ2n) is 11.3. The summed E-state index contributed by atoms with van der Waals surface area (Å²) in [7, 11) is 0. The van der Waals surface area contributed by atoms with Gasteiger partial charge in [-0.15, -0.1) is 12.4 Å². The van der Waals surface area contributed by atoms with Crippen molar-refractivity contribution in [2.24, 2.45) is 0 Å². The molecule has 1 unspecified atom stereocenters. The van der Waals surface area contributed by atoms with E-state index in [9.17, 15) is 18.7 Å². The molecule has 1 N–H and O–H groups in total. The molecule has 3 aromatic rings. The fraction of sp³-hybridized carbons (Fsp3) is 0.500. The number of benzene rings is 1. The highest BCUT2D eigenvalue weighted by Gasteiger charge is 2.48. The summed E-state index contributed by atoms with van der Waals surface area (Å²) < 4.78 is 30.0. The van der Waals surface area contributed by atoms with Crippen LogP contribution in [0.2, 0.25) is 0 Å². The molecule has 1 atom stereocenters. The lowest BCUT2D eigenvalue weighted by Gasteiger charge is -2.33. The van der Waals surface area contributed by atoms with Crippen LogP contribution in [0, 0.1) is 11.6 Å². The lowest BCUT2D eigenvalue weighted by atomic mass is 9.80. The highest BCUT2D eigenvalue weighted by Crippen LogP contribution is 2.50. The minimum absolute atomic E-state index is 0. The molecule has 0 spiro atoms. The Morgan fingerprint density at radius 3 is 2.33 bits per heavy atom. The minimum atomic E-state index is -0.898. The highest BCUT2D eigenvalue weighted by molar-refractivity contribution is 5.96. The molecule has 6 rings (SSSR count). The number of piperidine rings is 1. The molecule has 11 heteroatoms. The SMILES string of the molecule is CC1(c2c(C(=O)N3CCC(CO)(c4cc(F)cc(F)c4)C3)cnn2C2CCN(c3ncccn3)CC2)CC1.Cl. The topological polar surface area (TPSA) is 87.4 Å². The van der Waals surface area contributed by atoms with Gasteiger partial charge in [-0.25, -0.2) is 18.7 Å². The molecule has 39 heavy (non-hydrogen) atoms. The van der Waals surface area contributed by atoms with Crippen molar-refractivity contribution < 1.29 is 18.7 Å². The maximum Gasteiger partial charge on any atom is 0.257 e. The van der Waals surface area contributed by atoms with Crippen LogP contribution in [-0.2, 0) is 10.8 Å². The van der Waals surface area contributed by atoms with Gasteiger partial charge in [0.25, 0.3) is 5.91 Å². The van der Waals surface area contributed by atoms with E-state index in [-0.39, 0.29) is 42.9 Å². The van der Waals surface area contributed by atoms with Crippen molar-refractivity contribution in [2.75, 3.05) is 37.7 Å². The Morgan fingerprint density at radius 1 is 1.05 bits per heavy atom. The number of likely N-dealkylation sites (tertiary alicyclic amines) is 1. The molecular formula is C28H33ClF2N6O2. The summed E-state index contributed by atoms with van der Waals surface area (Å²) in [4.78, 5) is 26.5. The van der Waals surface area contributed by atoms with E-state index in [0.717, 1.165) is 56.5 Å². The second kappa shape index (κ2) is 10.5. The first kappa shape index (κ1) is 27.5. The number of aliphatic hydroxyl groups is 1. The predicted molar refractivity (Wildman–Crippen MR) is 144 cm³/mol. The third kappa shape index (κ3) is 5.00. The largest absolute Gasteiger partial charge is 0.395 e. The number of amides is 1. The number of halogens is 3. The van der Waals surface area contributed by atoms with E-state index in [0.29, 0.717) is 24.1 Å². The van der Waals surface area contributed by atoms with Gasteiger partial charge in [-0.05, 0) is 55.9 Å². The maximum atomic E-state index is 14.0. The highest BCUT2D eigenvalue weighted by atomic mass is 35.5. The normalized spacial score (nSPS) is 22.6. The van der Waals surface area contributed by atoms with Crippen molar-refractivity contribution in [3.05, 3.63) is 71.3 Å². The quantitative estimate of drug-likeness (QED) is 0.491. The van der Waals surface area contributed by atoms with Gasteiger partial charge in [0, 0.05) is 55.5 Å². The van der Waals surface area contributed by atoms with Crippen molar-refractivity contribution in [3.63, 3.8) is 0 Å². The summed E-state index contributed by atoms with van der Waals surface area (Å²) in [5.41, 5.74) is 0.964. The minimum Gasteiger partial charge on any atom is -0.395 e. The number of hydrogen-bond donors (Lipinski definition) is 1. The Bertz CT molecular complexity index is 1320. The van der Waals surface area contributed by atoms with Crippen LogP contribution >= 0.6 is 12.4 Å². The third-order valence-corrected chi connectivity index (χ3v) is 8.66. The van der Waals surface area contributed by atoms with Gasteiger partial charge in [0.1, 0.15) is 11.6 Å². The van der Waals surface area contributed by atoms with Gasteiger partial charge in [0.15, 0.2) is 0 Å². The van der Waals surface area contributed by atoms with Gasteiger partial charge in [-0.1, -0.05) is 6.92 Å². The number of anilines is 1. The molecule has 208 valence electrons. The zero-order valence-corrected chi connectivity index (χ0v) is 22.7. The van der Waals surface area contributed by atoms with Gasteiger partial charge >= 0.3 is 0 Å². The molecule has 0 bridgehead atoms. The van der Waals surface area contributed by atoms with E-state index in [1.54, 1.807) is 23.5 Å². The number of carbonyl (C=O) groups is 1. The summed E-state index contributed by atoms with van der Waals surface area (Å²) in [6, 6.07) is 5.32. The predicted octanol–water partition coefficient (Wildman–Crippen LogP) is 4.04. The molecule has 1 amide bonds. The molecule has 1 aliphatic carbocycles. The summed E-state index contributed by atoms with van der Waals surface area (Å²) >= 11 is 0. The van der Waals surface area contributed by atoms with Gasteiger partial charge < -0.3 is 14.9 Å². The Morgan fingerprint density at radius 2 is 1.72 bits per heavy atom. The van der Waals surface area contributed by atoms with Gasteiger partial charge in [-0.2, -0.15) is 5.10 Å². The van der Waals surface area contributed by atoms with E-state index in [2.05, 4.69) is 26.5 Å². The second-order valence-corrected chi connectivity index (χ2v) is 11.3. The van der Waals surface area contributed by atoms with Crippen molar-refractivity contribution in [1.82, 2.24) is 24.6 Å². The summed E-state index contributed by atoms with van der Waals surface area (Å²) in [5.74, 6) is -0.779. The average Bonchev–Trinajstić information content (AvgIpc) is 3.32. The first-order valence-electron chi connectivity index (χ1n) is 13.3. The molecule has 2 aromatic heterocycles. The smallest absolute Gasteiger partial charge is 0.257 e. The van der Waals surface area contributed by atoms with Crippen LogP contribution < -0.4 is 4.90 Å². The number of rotatable bonds is 6. The van der Waals surface area contributed by atoms with Gasteiger partial charge in [0.05, 0.1) is 30.1 Å². The lowest BCUT2D eigenvalue weighted by molar-refractivity contribution is 0.0771. The summed E-state index contributed by atoms with van der Waals surface area (Å²) in [5, 5.41) is 15.0. The molecule has 1 aromatic carbocycles. The van der Waals surface area contributed by atoms with Crippen LogP contribution in [0.3, 0.4) is 0 Å². The zero-order valence-electron chi connectivity index (χ0n) is 21.9. The van der Waals surface area contributed by atoms with Crippen LogP contribution in [0.15, 0.2) is 42.9 Å². The Labute approximate surface area is 232 Å². The molecule has 3 fully saturated rings. The maximum absolute atomic E-state index is 14.0. The number of aromatic nitrogens is 4. The lowest BCUT2D eigenvalue weighted by Crippen LogP contribution is -2.38. The number of hydrogen-bond acceptors (Lipinski definition) is 6. The fourth-order valence-electron chi connectivity index (χ4n) is 6.12. The van der Waals surface area contributed by atoms with E-state index >= 15 is 0 Å². The zero-order chi connectivity index (χ0) is 26.5. The van der Waals surface area contributed by atoms with E-state index in [1.165, 1.54) is 12.1 Å². The van der Waals surface area contributed by atoms with Gasteiger partial charge in [-0.3, -0.25) is 9.48 Å². The fourth-order valence-corrected chi connectivity index (χ4v) is 6.12.